The van der Waals surface area contributed by atoms with E-state index in [1.54, 1.807) is 0 Å². The topological polar surface area (TPSA) is 41.1 Å². The number of carbonyl (C=O) groups is 1. The summed E-state index contributed by atoms with van der Waals surface area (Å²) in [6, 6.07) is 2.71. The first kappa shape index (κ1) is 11.2. The Morgan fingerprint density at radius 1 is 1.38 bits per heavy atom. The molecule has 1 aromatic carbocycles. The van der Waals surface area contributed by atoms with Crippen LogP contribution in [0, 0.1) is 5.82 Å². The Morgan fingerprint density at radius 3 is 2.75 bits per heavy atom. The van der Waals surface area contributed by atoms with Crippen molar-refractivity contribution in [3.8, 4) is 0 Å². The van der Waals surface area contributed by atoms with Crippen molar-refractivity contribution >= 4 is 28.9 Å². The van der Waals surface area contributed by atoms with Gasteiger partial charge in [-0.1, -0.05) is 11.6 Å². The number of rotatable bonds is 0. The summed E-state index contributed by atoms with van der Waals surface area (Å²) in [5.74, 6) is -0.612. The minimum atomic E-state index is -0.500. The zero-order chi connectivity index (χ0) is 11.9. The number of benzene rings is 1. The van der Waals surface area contributed by atoms with Crippen molar-refractivity contribution in [3.63, 3.8) is 0 Å². The molecule has 0 radical (unpaired) electrons. The molecule has 0 bridgehead atoms. The molecular formula is C11H12ClFN2O. The Labute approximate surface area is 98.0 Å². The molecule has 86 valence electrons. The molecule has 3 nitrogen and oxygen atoms in total. The standard InChI is InChI=1S/C11H12ClFN2O/c1-11(2)5-10(16)14-8-3-6(12)7(13)4-9(8)15-11/h3-4,15H,5H2,1-2H3,(H,14,16). The normalized spacial score (nSPS) is 18.1. The van der Waals surface area contributed by atoms with Gasteiger partial charge in [0.1, 0.15) is 5.82 Å². The SMILES string of the molecule is CC1(C)CC(=O)Nc2cc(Cl)c(F)cc2N1. The number of anilines is 2. The summed E-state index contributed by atoms with van der Waals surface area (Å²) in [7, 11) is 0. The minimum absolute atomic E-state index is 0.000515. The molecule has 0 saturated carbocycles. The third-order valence-electron chi connectivity index (χ3n) is 2.41. The average Bonchev–Trinajstić information content (AvgIpc) is 2.21. The highest BCUT2D eigenvalue weighted by Gasteiger charge is 2.27. The summed E-state index contributed by atoms with van der Waals surface area (Å²) >= 11 is 5.66. The first-order valence-electron chi connectivity index (χ1n) is 4.94. The molecule has 1 amide bonds. The number of amides is 1. The van der Waals surface area contributed by atoms with Gasteiger partial charge in [0.2, 0.25) is 5.91 Å². The van der Waals surface area contributed by atoms with Crippen LogP contribution >= 0.6 is 11.6 Å². The first-order chi connectivity index (χ1) is 7.37. The van der Waals surface area contributed by atoms with Gasteiger partial charge in [-0.15, -0.1) is 0 Å². The van der Waals surface area contributed by atoms with Crippen LogP contribution in [0.5, 0.6) is 0 Å². The lowest BCUT2D eigenvalue weighted by atomic mass is 10.0. The van der Waals surface area contributed by atoms with Crippen LogP contribution in [0.25, 0.3) is 0 Å². The Kier molecular flexibility index (Phi) is 2.54. The monoisotopic (exact) mass is 242 g/mol. The van der Waals surface area contributed by atoms with Gasteiger partial charge in [-0.3, -0.25) is 4.79 Å². The molecular weight excluding hydrogens is 231 g/mol. The smallest absolute Gasteiger partial charge is 0.226 e. The summed E-state index contributed by atoms with van der Waals surface area (Å²) in [5.41, 5.74) is 0.662. The minimum Gasteiger partial charge on any atom is -0.378 e. The predicted molar refractivity (Wildman–Crippen MR) is 62.4 cm³/mol. The van der Waals surface area contributed by atoms with Gasteiger partial charge < -0.3 is 10.6 Å². The number of fused-ring (bicyclic) bond motifs is 1. The lowest BCUT2D eigenvalue weighted by molar-refractivity contribution is -0.116. The van der Waals surface area contributed by atoms with Crippen LogP contribution in [0.4, 0.5) is 15.8 Å². The second kappa shape index (κ2) is 3.63. The highest BCUT2D eigenvalue weighted by atomic mass is 35.5. The van der Waals surface area contributed by atoms with Gasteiger partial charge in [-0.2, -0.15) is 0 Å². The number of hydrogen-bond donors (Lipinski definition) is 2. The molecule has 0 spiro atoms. The van der Waals surface area contributed by atoms with Gasteiger partial charge in [0.15, 0.2) is 0 Å². The van der Waals surface area contributed by atoms with Crippen molar-refractivity contribution < 1.29 is 9.18 Å². The van der Waals surface area contributed by atoms with Gasteiger partial charge in [-0.05, 0) is 19.9 Å². The molecule has 1 aliphatic heterocycles. The van der Waals surface area contributed by atoms with Crippen molar-refractivity contribution in [2.75, 3.05) is 10.6 Å². The van der Waals surface area contributed by atoms with E-state index < -0.39 is 11.4 Å². The summed E-state index contributed by atoms with van der Waals surface area (Å²) in [4.78, 5) is 11.6. The zero-order valence-corrected chi connectivity index (χ0v) is 9.78. The third-order valence-corrected chi connectivity index (χ3v) is 2.70. The molecule has 5 heteroatoms. The average molecular weight is 243 g/mol. The summed E-state index contributed by atoms with van der Waals surface area (Å²) in [6.07, 6.45) is 0.320. The van der Waals surface area contributed by atoms with E-state index >= 15 is 0 Å². The number of nitrogens with one attached hydrogen (secondary N) is 2. The highest BCUT2D eigenvalue weighted by molar-refractivity contribution is 6.31. The van der Waals surface area contributed by atoms with E-state index in [-0.39, 0.29) is 10.9 Å². The third kappa shape index (κ3) is 2.11. The Bertz CT molecular complexity index is 460. The zero-order valence-electron chi connectivity index (χ0n) is 9.03. The summed E-state index contributed by atoms with van der Waals surface area (Å²) in [6.45, 7) is 3.77. The van der Waals surface area contributed by atoms with E-state index in [0.717, 1.165) is 0 Å². The molecule has 0 fully saturated rings. The summed E-state index contributed by atoms with van der Waals surface area (Å²) in [5, 5.41) is 5.81. The van der Waals surface area contributed by atoms with Crippen LogP contribution in [0.15, 0.2) is 12.1 Å². The molecule has 0 atom stereocenters. The van der Waals surface area contributed by atoms with Crippen LogP contribution < -0.4 is 10.6 Å². The van der Waals surface area contributed by atoms with Gasteiger partial charge in [-0.25, -0.2) is 4.39 Å². The maximum absolute atomic E-state index is 13.3. The molecule has 2 rings (SSSR count). The highest BCUT2D eigenvalue weighted by Crippen LogP contribution is 2.33. The number of hydrogen-bond acceptors (Lipinski definition) is 2. The molecule has 1 aliphatic rings. The molecule has 0 saturated heterocycles. The Morgan fingerprint density at radius 2 is 2.06 bits per heavy atom. The fourth-order valence-electron chi connectivity index (χ4n) is 1.76. The fraction of sp³-hybridized carbons (Fsp3) is 0.364. The molecule has 1 heterocycles. The van der Waals surface area contributed by atoms with Gasteiger partial charge in [0.25, 0.3) is 0 Å². The van der Waals surface area contributed by atoms with E-state index in [0.29, 0.717) is 17.8 Å². The van der Waals surface area contributed by atoms with Crippen molar-refractivity contribution in [2.24, 2.45) is 0 Å². The van der Waals surface area contributed by atoms with Crippen molar-refractivity contribution in [1.82, 2.24) is 0 Å². The maximum atomic E-state index is 13.3. The van der Waals surface area contributed by atoms with E-state index in [9.17, 15) is 9.18 Å². The molecule has 1 aromatic rings. The van der Waals surface area contributed by atoms with Crippen LogP contribution in [-0.4, -0.2) is 11.4 Å². The lowest BCUT2D eigenvalue weighted by Crippen LogP contribution is -2.32. The van der Waals surface area contributed by atoms with Crippen LogP contribution in [0.3, 0.4) is 0 Å². The predicted octanol–water partition coefficient (Wildman–Crippen LogP) is 3.01. The fourth-order valence-corrected chi connectivity index (χ4v) is 1.92. The van der Waals surface area contributed by atoms with Crippen LogP contribution in [0.2, 0.25) is 5.02 Å². The largest absolute Gasteiger partial charge is 0.378 e. The van der Waals surface area contributed by atoms with Crippen molar-refractivity contribution in [1.29, 1.82) is 0 Å². The van der Waals surface area contributed by atoms with E-state index in [1.807, 2.05) is 13.8 Å². The number of carbonyl (C=O) groups excluding carboxylic acids is 1. The molecule has 16 heavy (non-hydrogen) atoms. The van der Waals surface area contributed by atoms with E-state index in [2.05, 4.69) is 10.6 Å². The molecule has 2 N–H and O–H groups in total. The Hall–Kier alpha value is -1.29. The second-order valence-corrected chi connectivity index (χ2v) is 4.95. The number of halogens is 2. The molecule has 0 aliphatic carbocycles. The maximum Gasteiger partial charge on any atom is 0.226 e. The van der Waals surface area contributed by atoms with Gasteiger partial charge >= 0.3 is 0 Å². The van der Waals surface area contributed by atoms with Crippen LogP contribution in [0.1, 0.15) is 20.3 Å². The lowest BCUT2D eigenvalue weighted by Gasteiger charge is -2.24. The van der Waals surface area contributed by atoms with Gasteiger partial charge in [0.05, 0.1) is 16.4 Å². The van der Waals surface area contributed by atoms with Crippen molar-refractivity contribution in [3.05, 3.63) is 23.0 Å². The molecule has 0 aromatic heterocycles. The van der Waals surface area contributed by atoms with Crippen LogP contribution in [-0.2, 0) is 4.79 Å². The Balaban J connectivity index is 2.50. The van der Waals surface area contributed by atoms with Crippen molar-refractivity contribution in [2.45, 2.75) is 25.8 Å². The van der Waals surface area contributed by atoms with E-state index in [4.69, 9.17) is 11.6 Å². The molecule has 0 unspecified atom stereocenters. The summed E-state index contributed by atoms with van der Waals surface area (Å²) < 4.78 is 13.3. The second-order valence-electron chi connectivity index (χ2n) is 4.55. The van der Waals surface area contributed by atoms with Gasteiger partial charge in [0, 0.05) is 18.0 Å². The first-order valence-corrected chi connectivity index (χ1v) is 5.32. The quantitative estimate of drug-likeness (QED) is 0.734. The van der Waals surface area contributed by atoms with E-state index in [1.165, 1.54) is 12.1 Å².